The molecule has 2 heterocycles. The lowest BCUT2D eigenvalue weighted by Gasteiger charge is -2.30. The van der Waals surface area contributed by atoms with Crippen LogP contribution in [0.5, 0.6) is 11.8 Å². The van der Waals surface area contributed by atoms with Crippen LogP contribution in [0.3, 0.4) is 0 Å². The molecule has 0 amide bonds. The second-order valence-electron chi connectivity index (χ2n) is 16.8. The number of aromatic nitrogens is 2. The molecule has 0 saturated carbocycles. The first kappa shape index (κ1) is 39.9. The van der Waals surface area contributed by atoms with Gasteiger partial charge in [-0.05, 0) is 92.7 Å². The molecule has 7 aromatic rings. The van der Waals surface area contributed by atoms with E-state index in [-0.39, 0.29) is 35.0 Å². The van der Waals surface area contributed by atoms with Crippen molar-refractivity contribution in [1.29, 1.82) is 0 Å². The summed E-state index contributed by atoms with van der Waals surface area (Å²) in [5, 5.41) is 38.4. The van der Waals surface area contributed by atoms with Crippen molar-refractivity contribution in [1.82, 2.24) is 9.13 Å². The van der Waals surface area contributed by atoms with E-state index in [1.165, 1.54) is 0 Å². The topological polar surface area (TPSA) is 90.1 Å². The van der Waals surface area contributed by atoms with Crippen LogP contribution in [0.1, 0.15) is 168 Å². The SMILES string of the molecule is CCCCCCC(CCCCCC)n1c([O-])c2ccc3c4ccc5c(=O)n(C(CCCCCC)CCCCCC)c([O-])c6ccc(c7ccc(c1=O)c2c37)c4c65. The normalized spacial score (nSPS) is 12.5. The zero-order valence-corrected chi connectivity index (χ0v) is 34.4. The fourth-order valence-electron chi connectivity index (χ4n) is 10.0. The summed E-state index contributed by atoms with van der Waals surface area (Å²) in [5.41, 5.74) is -0.373. The van der Waals surface area contributed by atoms with Gasteiger partial charge < -0.3 is 19.3 Å². The largest absolute Gasteiger partial charge is 0.860 e. The quantitative estimate of drug-likeness (QED) is 0.0391. The molecule has 2 aromatic heterocycles. The highest BCUT2D eigenvalue weighted by Crippen LogP contribution is 2.47. The van der Waals surface area contributed by atoms with Crippen LogP contribution in [0, 0.1) is 0 Å². The van der Waals surface area contributed by atoms with E-state index in [9.17, 15) is 19.8 Å². The van der Waals surface area contributed by atoms with Crippen molar-refractivity contribution >= 4 is 64.6 Å². The standard InChI is InChI=1S/C50H64N2O4/c1-5-9-13-17-21-33(22-18-14-10-6-2)51-47(53)39-29-25-35-37-27-31-41-46-42(32-28-38(44(37)46)36-26-30-40(48(51)54)45(39)43(35)36)50(56)52(49(41)55)34(23-19-15-11-7-3)24-20-16-12-8-4/h25-34,53,56H,5-24H2,1-4H3/p-2. The average molecular weight is 755 g/mol. The predicted octanol–water partition coefficient (Wildman–Crippen LogP) is 12.9. The van der Waals surface area contributed by atoms with E-state index in [1.54, 1.807) is 9.13 Å². The number of unbranched alkanes of at least 4 members (excludes halogenated alkanes) is 12. The second kappa shape index (κ2) is 17.9. The number of benzene rings is 5. The second-order valence-corrected chi connectivity index (χ2v) is 16.8. The molecule has 7 rings (SSSR count). The Kier molecular flexibility index (Phi) is 12.7. The highest BCUT2D eigenvalue weighted by atomic mass is 16.3. The zero-order chi connectivity index (χ0) is 39.3. The van der Waals surface area contributed by atoms with Gasteiger partial charge in [0.05, 0.1) is 0 Å². The molecule has 0 aliphatic carbocycles. The summed E-state index contributed by atoms with van der Waals surface area (Å²) < 4.78 is 3.20. The fourth-order valence-corrected chi connectivity index (χ4v) is 10.0. The van der Waals surface area contributed by atoms with Crippen molar-refractivity contribution in [3.63, 3.8) is 0 Å². The van der Waals surface area contributed by atoms with Crippen molar-refractivity contribution < 1.29 is 10.2 Å². The van der Waals surface area contributed by atoms with Gasteiger partial charge >= 0.3 is 0 Å². The van der Waals surface area contributed by atoms with Gasteiger partial charge in [0.2, 0.25) is 0 Å². The fraction of sp³-hybridized carbons (Fsp3) is 0.520. The lowest BCUT2D eigenvalue weighted by atomic mass is 9.86. The van der Waals surface area contributed by atoms with Crippen LogP contribution in [0.25, 0.3) is 64.6 Å². The van der Waals surface area contributed by atoms with Gasteiger partial charge in [-0.25, -0.2) is 0 Å². The van der Waals surface area contributed by atoms with E-state index in [0.29, 0.717) is 21.5 Å². The molecule has 0 atom stereocenters. The summed E-state index contributed by atoms with van der Waals surface area (Å²) in [4.78, 5) is 29.0. The number of nitrogens with zero attached hydrogens (tertiary/aromatic N) is 2. The van der Waals surface area contributed by atoms with Gasteiger partial charge in [-0.15, -0.1) is 0 Å². The van der Waals surface area contributed by atoms with Crippen LogP contribution in [-0.4, -0.2) is 9.13 Å². The Morgan fingerprint density at radius 3 is 0.911 bits per heavy atom. The molecule has 0 aliphatic heterocycles. The molecule has 5 aromatic carbocycles. The van der Waals surface area contributed by atoms with Crippen LogP contribution in [0.15, 0.2) is 58.1 Å². The average Bonchev–Trinajstić information content (AvgIpc) is 3.21. The van der Waals surface area contributed by atoms with Crippen molar-refractivity contribution in [2.45, 2.75) is 168 Å². The van der Waals surface area contributed by atoms with E-state index in [0.717, 1.165) is 172 Å². The van der Waals surface area contributed by atoms with Crippen LogP contribution in [0.2, 0.25) is 0 Å². The molecule has 0 radical (unpaired) electrons. The molecular weight excluding hydrogens is 693 g/mol. The molecule has 0 fully saturated rings. The van der Waals surface area contributed by atoms with Crippen LogP contribution >= 0.6 is 0 Å². The molecule has 0 spiro atoms. The summed E-state index contributed by atoms with van der Waals surface area (Å²) in [5.74, 6) is -0.373. The molecule has 0 unspecified atom stereocenters. The molecule has 298 valence electrons. The maximum Gasteiger partial charge on any atom is 0.258 e. The predicted molar refractivity (Wildman–Crippen MR) is 234 cm³/mol. The van der Waals surface area contributed by atoms with Gasteiger partial charge in [0, 0.05) is 33.6 Å². The van der Waals surface area contributed by atoms with Crippen molar-refractivity contribution in [3.8, 4) is 11.8 Å². The summed E-state index contributed by atoms with van der Waals surface area (Å²) in [7, 11) is 0. The van der Waals surface area contributed by atoms with Gasteiger partial charge in [0.15, 0.2) is 0 Å². The maximum atomic E-state index is 14.5. The lowest BCUT2D eigenvalue weighted by Crippen LogP contribution is -2.28. The Morgan fingerprint density at radius 2 is 0.625 bits per heavy atom. The smallest absolute Gasteiger partial charge is 0.258 e. The minimum atomic E-state index is -0.187. The van der Waals surface area contributed by atoms with E-state index >= 15 is 0 Å². The Bertz CT molecular complexity index is 2310. The Hall–Kier alpha value is -4.32. The summed E-state index contributed by atoms with van der Waals surface area (Å²) in [6.07, 6.45) is 21.1. The first-order chi connectivity index (χ1) is 27.4. The van der Waals surface area contributed by atoms with Crippen molar-refractivity contribution in [2.24, 2.45) is 0 Å². The zero-order valence-electron chi connectivity index (χ0n) is 34.4. The molecule has 56 heavy (non-hydrogen) atoms. The van der Waals surface area contributed by atoms with Gasteiger partial charge in [-0.3, -0.25) is 9.59 Å². The Labute approximate surface area is 332 Å². The molecule has 6 nitrogen and oxygen atoms in total. The molecule has 0 bridgehead atoms. The molecular formula is C50H62N2O4-2. The summed E-state index contributed by atoms with van der Waals surface area (Å²) in [6, 6.07) is 15.6. The first-order valence-electron chi connectivity index (χ1n) is 22.3. The van der Waals surface area contributed by atoms with Gasteiger partial charge in [0.1, 0.15) is 0 Å². The summed E-state index contributed by atoms with van der Waals surface area (Å²) in [6.45, 7) is 8.82. The Balaban J connectivity index is 1.39. The lowest BCUT2D eigenvalue weighted by molar-refractivity contribution is -0.278. The molecule has 0 aliphatic rings. The molecule has 0 N–H and O–H groups in total. The van der Waals surface area contributed by atoms with Crippen LogP contribution in [0.4, 0.5) is 0 Å². The number of fused-ring (bicyclic) bond motifs is 2. The minimum Gasteiger partial charge on any atom is -0.860 e. The third-order valence-corrected chi connectivity index (χ3v) is 13.0. The van der Waals surface area contributed by atoms with Crippen LogP contribution < -0.4 is 21.3 Å². The third-order valence-electron chi connectivity index (χ3n) is 13.0. The molecule has 6 heteroatoms. The number of pyridine rings is 2. The number of hydrogen-bond donors (Lipinski definition) is 0. The van der Waals surface area contributed by atoms with E-state index < -0.39 is 0 Å². The molecule has 0 saturated heterocycles. The van der Waals surface area contributed by atoms with Crippen LogP contribution in [-0.2, 0) is 0 Å². The minimum absolute atomic E-state index is 0.113. The van der Waals surface area contributed by atoms with E-state index in [2.05, 4.69) is 27.7 Å². The maximum absolute atomic E-state index is 14.5. The summed E-state index contributed by atoms with van der Waals surface area (Å²) >= 11 is 0. The Morgan fingerprint density at radius 1 is 0.375 bits per heavy atom. The van der Waals surface area contributed by atoms with Gasteiger partial charge in [-0.2, -0.15) is 0 Å². The first-order valence-corrected chi connectivity index (χ1v) is 22.3. The highest BCUT2D eigenvalue weighted by Gasteiger charge is 2.24. The van der Waals surface area contributed by atoms with Gasteiger partial charge in [0.25, 0.3) is 11.1 Å². The van der Waals surface area contributed by atoms with E-state index in [1.807, 2.05) is 48.5 Å². The van der Waals surface area contributed by atoms with E-state index in [4.69, 9.17) is 0 Å². The highest BCUT2D eigenvalue weighted by molar-refractivity contribution is 6.39. The van der Waals surface area contributed by atoms with Crippen molar-refractivity contribution in [3.05, 3.63) is 69.2 Å². The van der Waals surface area contributed by atoms with Gasteiger partial charge in [-0.1, -0.05) is 167 Å². The van der Waals surface area contributed by atoms with Crippen molar-refractivity contribution in [2.75, 3.05) is 0 Å². The number of rotatable bonds is 22. The number of hydrogen-bond acceptors (Lipinski definition) is 4. The third kappa shape index (κ3) is 7.22. The monoisotopic (exact) mass is 754 g/mol.